The third-order valence-electron chi connectivity index (χ3n) is 5.60. The topological polar surface area (TPSA) is 52.0 Å². The summed E-state index contributed by atoms with van der Waals surface area (Å²) in [5.74, 6) is 1.44. The summed E-state index contributed by atoms with van der Waals surface area (Å²) in [4.78, 5) is 4.98. The molecule has 4 nitrogen and oxygen atoms in total. The van der Waals surface area contributed by atoms with Gasteiger partial charge in [0.05, 0.1) is 15.9 Å². The lowest BCUT2D eigenvalue weighted by Crippen LogP contribution is -2.16. The number of aromatic nitrogens is 2. The van der Waals surface area contributed by atoms with Gasteiger partial charge in [0, 0.05) is 6.42 Å². The molecule has 1 aromatic heterocycles. The number of hydrogen-bond acceptors (Lipinski definition) is 3. The lowest BCUT2D eigenvalue weighted by molar-refractivity contribution is 0.332. The van der Waals surface area contributed by atoms with Gasteiger partial charge in [-0.1, -0.05) is 68.9 Å². The van der Waals surface area contributed by atoms with E-state index in [4.69, 9.17) is 0 Å². The van der Waals surface area contributed by atoms with Crippen LogP contribution in [0.3, 0.4) is 0 Å². The average Bonchev–Trinajstić information content (AvgIpc) is 3.08. The van der Waals surface area contributed by atoms with E-state index in [9.17, 15) is 8.42 Å². The Hall–Kier alpha value is -2.14. The summed E-state index contributed by atoms with van der Waals surface area (Å²) in [6.07, 6.45) is 9.51. The first kappa shape index (κ1) is 18.2. The molecule has 1 saturated carbocycles. The zero-order valence-electron chi connectivity index (χ0n) is 15.5. The largest absolute Gasteiger partial charge is 0.269 e. The molecule has 0 N–H and O–H groups in total. The van der Waals surface area contributed by atoms with Gasteiger partial charge in [-0.15, -0.1) is 0 Å². The van der Waals surface area contributed by atoms with E-state index in [1.165, 1.54) is 36.1 Å². The maximum Gasteiger partial charge on any atom is 0.269 e. The molecule has 142 valence electrons. The van der Waals surface area contributed by atoms with Crippen LogP contribution < -0.4 is 0 Å². The molecule has 4 rings (SSSR count). The number of benzene rings is 2. The van der Waals surface area contributed by atoms with E-state index in [-0.39, 0.29) is 0 Å². The Morgan fingerprint density at radius 3 is 2.41 bits per heavy atom. The van der Waals surface area contributed by atoms with Gasteiger partial charge >= 0.3 is 0 Å². The van der Waals surface area contributed by atoms with Crippen molar-refractivity contribution in [3.05, 3.63) is 60.4 Å². The predicted molar refractivity (Wildman–Crippen MR) is 108 cm³/mol. The number of rotatable bonds is 6. The van der Waals surface area contributed by atoms with Gasteiger partial charge in [-0.05, 0) is 36.6 Å². The summed E-state index contributed by atoms with van der Waals surface area (Å²) in [6, 6.07) is 16.1. The van der Waals surface area contributed by atoms with Crippen molar-refractivity contribution in [2.45, 2.75) is 56.3 Å². The molecule has 0 amide bonds. The van der Waals surface area contributed by atoms with Crippen LogP contribution in [-0.2, 0) is 16.4 Å². The Morgan fingerprint density at radius 2 is 1.63 bits per heavy atom. The molecule has 1 fully saturated rings. The number of fused-ring (bicyclic) bond motifs is 1. The van der Waals surface area contributed by atoms with Gasteiger partial charge in [0.25, 0.3) is 10.0 Å². The molecule has 0 atom stereocenters. The molecule has 1 heterocycles. The molecule has 0 spiro atoms. The van der Waals surface area contributed by atoms with E-state index in [1.54, 1.807) is 24.3 Å². The fourth-order valence-corrected chi connectivity index (χ4v) is 5.74. The van der Waals surface area contributed by atoms with Crippen molar-refractivity contribution >= 4 is 21.1 Å². The van der Waals surface area contributed by atoms with Gasteiger partial charge in [0.2, 0.25) is 0 Å². The first-order valence-corrected chi connectivity index (χ1v) is 11.4. The van der Waals surface area contributed by atoms with Crippen molar-refractivity contribution < 1.29 is 8.42 Å². The van der Waals surface area contributed by atoms with Crippen molar-refractivity contribution in [2.75, 3.05) is 0 Å². The lowest BCUT2D eigenvalue weighted by atomic mass is 9.86. The highest BCUT2D eigenvalue weighted by Crippen LogP contribution is 2.29. The Morgan fingerprint density at radius 1 is 0.926 bits per heavy atom. The maximum atomic E-state index is 13.3. The highest BCUT2D eigenvalue weighted by molar-refractivity contribution is 7.90. The van der Waals surface area contributed by atoms with Crippen LogP contribution in [0, 0.1) is 5.92 Å². The first-order valence-electron chi connectivity index (χ1n) is 9.93. The Bertz CT molecular complexity index is 1000. The van der Waals surface area contributed by atoms with Crippen LogP contribution in [0.25, 0.3) is 11.0 Å². The van der Waals surface area contributed by atoms with Crippen LogP contribution >= 0.6 is 0 Å². The minimum Gasteiger partial charge on any atom is -0.232 e. The average molecular weight is 383 g/mol. The van der Waals surface area contributed by atoms with Crippen LogP contribution in [0.2, 0.25) is 0 Å². The van der Waals surface area contributed by atoms with E-state index < -0.39 is 10.0 Å². The SMILES string of the molecule is O=S(=O)(c1ccccc1)n1c(CCCC2CCCCC2)nc2ccccc21. The minimum absolute atomic E-state index is 0.307. The standard InChI is InChI=1S/C22H26N2O2S/c25-27(26,19-13-5-2-6-14-19)24-21-16-8-7-15-20(21)23-22(24)17-9-12-18-10-3-1-4-11-18/h2,5-8,13-16,18H,1,3-4,9-12,17H2. The van der Waals surface area contributed by atoms with Crippen LogP contribution in [0.4, 0.5) is 0 Å². The molecule has 5 heteroatoms. The molecule has 27 heavy (non-hydrogen) atoms. The van der Waals surface area contributed by atoms with E-state index in [0.29, 0.717) is 22.7 Å². The smallest absolute Gasteiger partial charge is 0.232 e. The number of para-hydroxylation sites is 2. The summed E-state index contributed by atoms with van der Waals surface area (Å²) in [7, 11) is -3.65. The summed E-state index contributed by atoms with van der Waals surface area (Å²) >= 11 is 0. The summed E-state index contributed by atoms with van der Waals surface area (Å²) in [5.41, 5.74) is 1.40. The number of nitrogens with zero attached hydrogens (tertiary/aromatic N) is 2. The zero-order valence-corrected chi connectivity index (χ0v) is 16.4. The maximum absolute atomic E-state index is 13.3. The molecule has 0 saturated heterocycles. The quantitative estimate of drug-likeness (QED) is 0.590. The molecule has 1 aliphatic rings. The van der Waals surface area contributed by atoms with E-state index in [1.807, 2.05) is 30.3 Å². The molecule has 0 aliphatic heterocycles. The van der Waals surface area contributed by atoms with Crippen LogP contribution in [0.15, 0.2) is 59.5 Å². The molecule has 0 radical (unpaired) electrons. The summed E-state index contributed by atoms with van der Waals surface area (Å²) in [6.45, 7) is 0. The highest BCUT2D eigenvalue weighted by Gasteiger charge is 2.24. The molecule has 3 aromatic rings. The minimum atomic E-state index is -3.65. The van der Waals surface area contributed by atoms with Crippen molar-refractivity contribution in [1.82, 2.24) is 8.96 Å². The van der Waals surface area contributed by atoms with Gasteiger partial charge in [-0.2, -0.15) is 0 Å². The van der Waals surface area contributed by atoms with Crippen LogP contribution in [-0.4, -0.2) is 17.4 Å². The monoisotopic (exact) mass is 382 g/mol. The number of aryl methyl sites for hydroxylation is 1. The second kappa shape index (κ2) is 7.85. The van der Waals surface area contributed by atoms with E-state index in [2.05, 4.69) is 4.98 Å². The van der Waals surface area contributed by atoms with Crippen molar-refractivity contribution in [3.63, 3.8) is 0 Å². The van der Waals surface area contributed by atoms with Gasteiger partial charge in [-0.3, -0.25) is 0 Å². The molecule has 1 aliphatic carbocycles. The second-order valence-corrected chi connectivity index (χ2v) is 9.28. The van der Waals surface area contributed by atoms with Crippen molar-refractivity contribution in [1.29, 1.82) is 0 Å². The second-order valence-electron chi connectivity index (χ2n) is 7.50. The van der Waals surface area contributed by atoms with Crippen LogP contribution in [0.1, 0.15) is 50.8 Å². The van der Waals surface area contributed by atoms with Gasteiger partial charge in [-0.25, -0.2) is 17.4 Å². The van der Waals surface area contributed by atoms with Gasteiger partial charge in [0.1, 0.15) is 5.82 Å². The third-order valence-corrected chi connectivity index (χ3v) is 7.36. The van der Waals surface area contributed by atoms with Crippen molar-refractivity contribution in [3.8, 4) is 0 Å². The Kier molecular flexibility index (Phi) is 5.30. The number of hydrogen-bond donors (Lipinski definition) is 0. The van der Waals surface area contributed by atoms with E-state index >= 15 is 0 Å². The van der Waals surface area contributed by atoms with Crippen molar-refractivity contribution in [2.24, 2.45) is 5.92 Å². The molecule has 2 aromatic carbocycles. The van der Waals surface area contributed by atoms with E-state index in [0.717, 1.165) is 24.3 Å². The Balaban J connectivity index is 1.65. The van der Waals surface area contributed by atoms with Gasteiger partial charge in [0.15, 0.2) is 0 Å². The number of imidazole rings is 1. The normalized spacial score (nSPS) is 16.0. The zero-order chi connectivity index (χ0) is 18.7. The lowest BCUT2D eigenvalue weighted by Gasteiger charge is -2.21. The predicted octanol–water partition coefficient (Wildman–Crippen LogP) is 5.18. The molecule has 0 unspecified atom stereocenters. The van der Waals surface area contributed by atoms with Crippen LogP contribution in [0.5, 0.6) is 0 Å². The third kappa shape index (κ3) is 3.79. The van der Waals surface area contributed by atoms with Gasteiger partial charge < -0.3 is 0 Å². The molecule has 0 bridgehead atoms. The molecular formula is C22H26N2O2S. The summed E-state index contributed by atoms with van der Waals surface area (Å²) in [5, 5.41) is 0. The fourth-order valence-electron chi connectivity index (χ4n) is 4.20. The fraction of sp³-hybridized carbons (Fsp3) is 0.409. The first-order chi connectivity index (χ1) is 13.2. The summed E-state index contributed by atoms with van der Waals surface area (Å²) < 4.78 is 28.1. The Labute approximate surface area is 161 Å². The highest BCUT2D eigenvalue weighted by atomic mass is 32.2. The molecular weight excluding hydrogens is 356 g/mol.